The first-order valence-corrected chi connectivity index (χ1v) is 9.24. The van der Waals surface area contributed by atoms with Crippen LogP contribution < -0.4 is 15.4 Å². The summed E-state index contributed by atoms with van der Waals surface area (Å²) in [4.78, 5) is 8.64. The second-order valence-electron chi connectivity index (χ2n) is 6.28. The zero-order valence-electron chi connectivity index (χ0n) is 15.8. The molecule has 6 nitrogen and oxygen atoms in total. The molecule has 0 atom stereocenters. The second kappa shape index (κ2) is 9.19. The standard InChI is InChI=1S/C20H18ClF3N4O2/c1-12-5-6-14(10-16(12)21)26-18-11-17(27-19(28-18)25-7-8-29)13-3-2-4-15(9-13)30-20(22,23)24/h2-6,9-11,29H,7-8H2,1H3,(H2,25,26,27,28). The van der Waals surface area contributed by atoms with Gasteiger partial charge in [0.25, 0.3) is 0 Å². The quantitative estimate of drug-likeness (QED) is 0.473. The van der Waals surface area contributed by atoms with Gasteiger partial charge in [-0.25, -0.2) is 4.98 Å². The van der Waals surface area contributed by atoms with Gasteiger partial charge in [0.1, 0.15) is 11.6 Å². The van der Waals surface area contributed by atoms with E-state index in [0.29, 0.717) is 27.8 Å². The molecule has 0 aliphatic carbocycles. The van der Waals surface area contributed by atoms with E-state index in [1.807, 2.05) is 19.1 Å². The van der Waals surface area contributed by atoms with Crippen molar-refractivity contribution in [2.75, 3.05) is 23.8 Å². The topological polar surface area (TPSA) is 79.3 Å². The number of ether oxygens (including phenoxy) is 1. The summed E-state index contributed by atoms with van der Waals surface area (Å²) >= 11 is 6.16. The first kappa shape index (κ1) is 21.7. The minimum Gasteiger partial charge on any atom is -0.406 e. The third kappa shape index (κ3) is 5.98. The fourth-order valence-corrected chi connectivity index (χ4v) is 2.76. The number of hydrogen-bond acceptors (Lipinski definition) is 6. The molecule has 0 spiro atoms. The number of aliphatic hydroxyl groups is 1. The lowest BCUT2D eigenvalue weighted by Crippen LogP contribution is -2.17. The molecule has 0 unspecified atom stereocenters. The molecule has 3 N–H and O–H groups in total. The van der Waals surface area contributed by atoms with Crippen LogP contribution >= 0.6 is 11.6 Å². The molecule has 0 amide bonds. The van der Waals surface area contributed by atoms with Crippen molar-refractivity contribution in [2.24, 2.45) is 0 Å². The van der Waals surface area contributed by atoms with Gasteiger partial charge < -0.3 is 20.5 Å². The molecule has 0 radical (unpaired) electrons. The molecule has 0 saturated heterocycles. The van der Waals surface area contributed by atoms with E-state index in [9.17, 15) is 13.2 Å². The largest absolute Gasteiger partial charge is 0.573 e. The predicted octanol–water partition coefficient (Wildman–Crippen LogP) is 5.15. The third-order valence-electron chi connectivity index (χ3n) is 3.93. The molecule has 0 fully saturated rings. The molecule has 3 rings (SSSR count). The van der Waals surface area contributed by atoms with Gasteiger partial charge in [-0.2, -0.15) is 4.98 Å². The minimum atomic E-state index is -4.80. The van der Waals surface area contributed by atoms with Crippen molar-refractivity contribution in [2.45, 2.75) is 13.3 Å². The lowest BCUT2D eigenvalue weighted by Gasteiger charge is -2.13. The van der Waals surface area contributed by atoms with Crippen LogP contribution in [0.3, 0.4) is 0 Å². The maximum atomic E-state index is 12.5. The van der Waals surface area contributed by atoms with Crippen LogP contribution in [0.1, 0.15) is 5.56 Å². The number of aromatic nitrogens is 2. The van der Waals surface area contributed by atoms with Crippen LogP contribution in [0, 0.1) is 6.92 Å². The van der Waals surface area contributed by atoms with E-state index in [-0.39, 0.29) is 24.8 Å². The monoisotopic (exact) mass is 438 g/mol. The Balaban J connectivity index is 1.96. The summed E-state index contributed by atoms with van der Waals surface area (Å²) in [7, 11) is 0. The SMILES string of the molecule is Cc1ccc(Nc2cc(-c3cccc(OC(F)(F)F)c3)nc(NCCO)n2)cc1Cl. The third-order valence-corrected chi connectivity index (χ3v) is 4.34. The molecule has 3 aromatic rings. The second-order valence-corrected chi connectivity index (χ2v) is 6.68. The Morgan fingerprint density at radius 1 is 1.10 bits per heavy atom. The highest BCUT2D eigenvalue weighted by Gasteiger charge is 2.31. The van der Waals surface area contributed by atoms with Gasteiger partial charge in [-0.15, -0.1) is 13.2 Å². The van der Waals surface area contributed by atoms with E-state index in [2.05, 4.69) is 25.3 Å². The highest BCUT2D eigenvalue weighted by atomic mass is 35.5. The van der Waals surface area contributed by atoms with E-state index in [1.54, 1.807) is 18.2 Å². The van der Waals surface area contributed by atoms with Crippen molar-refractivity contribution in [3.05, 3.63) is 59.1 Å². The van der Waals surface area contributed by atoms with Crippen LogP contribution in [0.2, 0.25) is 5.02 Å². The summed E-state index contributed by atoms with van der Waals surface area (Å²) in [6, 6.07) is 12.5. The molecule has 0 bridgehead atoms. The molecule has 10 heteroatoms. The van der Waals surface area contributed by atoms with Crippen LogP contribution in [0.25, 0.3) is 11.3 Å². The Labute approximate surface area is 175 Å². The number of aryl methyl sites for hydroxylation is 1. The fourth-order valence-electron chi connectivity index (χ4n) is 2.58. The summed E-state index contributed by atoms with van der Waals surface area (Å²) in [6.45, 7) is 1.94. The highest BCUT2D eigenvalue weighted by Crippen LogP contribution is 2.30. The van der Waals surface area contributed by atoms with Gasteiger partial charge in [0.05, 0.1) is 12.3 Å². The smallest absolute Gasteiger partial charge is 0.406 e. The van der Waals surface area contributed by atoms with Gasteiger partial charge in [-0.05, 0) is 36.8 Å². The fraction of sp³-hybridized carbons (Fsp3) is 0.200. The van der Waals surface area contributed by atoms with Crippen LogP contribution in [0.15, 0.2) is 48.5 Å². The number of nitrogens with one attached hydrogen (secondary N) is 2. The lowest BCUT2D eigenvalue weighted by atomic mass is 10.1. The summed E-state index contributed by atoms with van der Waals surface area (Å²) in [5.74, 6) is 0.232. The molecule has 30 heavy (non-hydrogen) atoms. The molecule has 0 saturated carbocycles. The van der Waals surface area contributed by atoms with Gasteiger partial charge in [-0.1, -0.05) is 29.8 Å². The predicted molar refractivity (Wildman–Crippen MR) is 109 cm³/mol. The normalized spacial score (nSPS) is 11.3. The first-order chi connectivity index (χ1) is 14.2. The maximum absolute atomic E-state index is 12.5. The Bertz CT molecular complexity index is 1030. The number of anilines is 3. The average Bonchev–Trinajstić information content (AvgIpc) is 2.68. The molecule has 1 aromatic heterocycles. The summed E-state index contributed by atoms with van der Waals surface area (Å²) in [6.07, 6.45) is -4.80. The highest BCUT2D eigenvalue weighted by molar-refractivity contribution is 6.31. The van der Waals surface area contributed by atoms with Crippen molar-refractivity contribution in [3.63, 3.8) is 0 Å². The Morgan fingerprint density at radius 2 is 1.90 bits per heavy atom. The van der Waals surface area contributed by atoms with E-state index in [1.165, 1.54) is 18.2 Å². The number of halogens is 4. The zero-order chi connectivity index (χ0) is 21.7. The van der Waals surface area contributed by atoms with E-state index in [4.69, 9.17) is 16.7 Å². The maximum Gasteiger partial charge on any atom is 0.573 e. The summed E-state index contributed by atoms with van der Waals surface area (Å²) < 4.78 is 41.6. The van der Waals surface area contributed by atoms with Gasteiger partial charge in [0.15, 0.2) is 0 Å². The van der Waals surface area contributed by atoms with Crippen LogP contribution in [-0.4, -0.2) is 34.6 Å². The average molecular weight is 439 g/mol. The number of hydrogen-bond donors (Lipinski definition) is 3. The number of nitrogens with zero attached hydrogens (tertiary/aromatic N) is 2. The molecule has 0 aliphatic rings. The van der Waals surface area contributed by atoms with E-state index < -0.39 is 6.36 Å². The molecule has 0 aliphatic heterocycles. The number of rotatable bonds is 7. The first-order valence-electron chi connectivity index (χ1n) is 8.87. The molecule has 2 aromatic carbocycles. The Kier molecular flexibility index (Phi) is 6.63. The minimum absolute atomic E-state index is 0.140. The molecular weight excluding hydrogens is 421 g/mol. The zero-order valence-corrected chi connectivity index (χ0v) is 16.6. The van der Waals surface area contributed by atoms with Crippen molar-refractivity contribution in [3.8, 4) is 17.0 Å². The van der Waals surface area contributed by atoms with Crippen molar-refractivity contribution in [1.82, 2.24) is 9.97 Å². The van der Waals surface area contributed by atoms with Crippen LogP contribution in [0.5, 0.6) is 5.75 Å². The van der Waals surface area contributed by atoms with E-state index in [0.717, 1.165) is 5.56 Å². The Hall–Kier alpha value is -3.04. The van der Waals surface area contributed by atoms with Gasteiger partial charge in [0.2, 0.25) is 5.95 Å². The Morgan fingerprint density at radius 3 is 2.60 bits per heavy atom. The van der Waals surface area contributed by atoms with Gasteiger partial charge in [0, 0.05) is 28.9 Å². The summed E-state index contributed by atoms with van der Waals surface area (Å²) in [5, 5.41) is 15.6. The van der Waals surface area contributed by atoms with Crippen LogP contribution in [0.4, 0.5) is 30.6 Å². The number of benzene rings is 2. The van der Waals surface area contributed by atoms with Gasteiger partial charge in [-0.3, -0.25) is 0 Å². The van der Waals surface area contributed by atoms with Crippen molar-refractivity contribution >= 4 is 29.1 Å². The van der Waals surface area contributed by atoms with Gasteiger partial charge >= 0.3 is 6.36 Å². The summed E-state index contributed by atoms with van der Waals surface area (Å²) in [5.41, 5.74) is 2.35. The molecule has 158 valence electrons. The molecular formula is C20H18ClF3N4O2. The number of aliphatic hydroxyl groups excluding tert-OH is 1. The van der Waals surface area contributed by atoms with Crippen LogP contribution in [-0.2, 0) is 0 Å². The van der Waals surface area contributed by atoms with E-state index >= 15 is 0 Å². The van der Waals surface area contributed by atoms with Crippen molar-refractivity contribution < 1.29 is 23.0 Å². The van der Waals surface area contributed by atoms with Crippen molar-refractivity contribution in [1.29, 1.82) is 0 Å². The molecule has 1 heterocycles. The lowest BCUT2D eigenvalue weighted by molar-refractivity contribution is -0.274. The number of alkyl halides is 3.